The van der Waals surface area contributed by atoms with Crippen molar-refractivity contribution in [1.82, 2.24) is 5.32 Å². The molecule has 4 nitrogen and oxygen atoms in total. The molecular weight excluding hydrogens is 358 g/mol. The third-order valence-electron chi connectivity index (χ3n) is 3.25. The maximum atomic E-state index is 12.3. The number of amides is 1. The zero-order valence-corrected chi connectivity index (χ0v) is 12.7. The zero-order chi connectivity index (χ0) is 15.7. The van der Waals surface area contributed by atoms with Gasteiger partial charge in [-0.3, -0.25) is 4.79 Å². The molecule has 1 heterocycles. The summed E-state index contributed by atoms with van der Waals surface area (Å²) in [4.78, 5) is 12.1. The summed E-state index contributed by atoms with van der Waals surface area (Å²) in [6.07, 6.45) is -0.445. The number of hydrogen-bond acceptors (Lipinski definition) is 3. The number of benzene rings is 2. The van der Waals surface area contributed by atoms with Gasteiger partial charge in [-0.1, -0.05) is 18.2 Å². The van der Waals surface area contributed by atoms with Gasteiger partial charge in [-0.05, 0) is 45.8 Å². The molecule has 1 amide bonds. The quantitative estimate of drug-likeness (QED) is 0.863. The Hall–Kier alpha value is -2.15. The Morgan fingerprint density at radius 3 is 2.64 bits per heavy atom. The van der Waals surface area contributed by atoms with Crippen molar-refractivity contribution in [2.75, 3.05) is 5.32 Å². The number of carbonyl (C=O) groups excluding carboxylic acids is 1. The summed E-state index contributed by atoms with van der Waals surface area (Å²) in [5.41, 5.74) is 2.01. The molecule has 0 fully saturated rings. The van der Waals surface area contributed by atoms with Crippen molar-refractivity contribution in [3.63, 3.8) is 0 Å². The molecule has 0 radical (unpaired) electrons. The minimum absolute atomic E-state index is 0.0429. The van der Waals surface area contributed by atoms with Crippen molar-refractivity contribution in [2.24, 2.45) is 0 Å². The zero-order valence-electron chi connectivity index (χ0n) is 11.1. The maximum Gasteiger partial charge on any atom is 0.387 e. The van der Waals surface area contributed by atoms with Gasteiger partial charge in [0, 0.05) is 5.69 Å². The number of nitrogens with one attached hydrogen (secondary N) is 2. The number of alkyl halides is 2. The SMILES string of the molecule is O=C1N[C@H](c2ccc(OC(F)F)c(Br)c2)Nc2ccccc21. The predicted octanol–water partition coefficient (Wildman–Crippen LogP) is 3.90. The number of para-hydroxylation sites is 1. The van der Waals surface area contributed by atoms with Crippen molar-refractivity contribution >= 4 is 27.5 Å². The normalized spacial score (nSPS) is 16.7. The van der Waals surface area contributed by atoms with Crippen LogP contribution in [-0.4, -0.2) is 12.5 Å². The highest BCUT2D eigenvalue weighted by Crippen LogP contribution is 2.32. The lowest BCUT2D eigenvalue weighted by atomic mass is 10.1. The van der Waals surface area contributed by atoms with E-state index in [-0.39, 0.29) is 11.7 Å². The molecule has 0 unspecified atom stereocenters. The van der Waals surface area contributed by atoms with Crippen LogP contribution in [0, 0.1) is 0 Å². The number of ether oxygens (including phenoxy) is 1. The van der Waals surface area contributed by atoms with Crippen LogP contribution >= 0.6 is 15.9 Å². The van der Waals surface area contributed by atoms with Crippen LogP contribution in [0.2, 0.25) is 0 Å². The molecule has 1 aliphatic rings. The summed E-state index contributed by atoms with van der Waals surface area (Å²) in [6, 6.07) is 11.8. The van der Waals surface area contributed by atoms with Crippen LogP contribution < -0.4 is 15.4 Å². The van der Waals surface area contributed by atoms with Crippen LogP contribution in [-0.2, 0) is 0 Å². The monoisotopic (exact) mass is 368 g/mol. The fraction of sp³-hybridized carbons (Fsp3) is 0.133. The number of hydrogen-bond donors (Lipinski definition) is 2. The topological polar surface area (TPSA) is 50.4 Å². The molecule has 1 aliphatic heterocycles. The first kappa shape index (κ1) is 14.8. The number of carbonyl (C=O) groups is 1. The lowest BCUT2D eigenvalue weighted by Crippen LogP contribution is -2.38. The first-order chi connectivity index (χ1) is 10.5. The van der Waals surface area contributed by atoms with E-state index in [1.807, 2.05) is 12.1 Å². The predicted molar refractivity (Wildman–Crippen MR) is 81.0 cm³/mol. The summed E-state index contributed by atoms with van der Waals surface area (Å²) in [6.45, 7) is -2.89. The third kappa shape index (κ3) is 2.89. The van der Waals surface area contributed by atoms with Gasteiger partial charge in [-0.25, -0.2) is 0 Å². The second-order valence-corrected chi connectivity index (χ2v) is 5.52. The van der Waals surface area contributed by atoms with Crippen molar-refractivity contribution in [3.8, 4) is 5.75 Å². The van der Waals surface area contributed by atoms with Crippen LogP contribution in [0.4, 0.5) is 14.5 Å². The Kier molecular flexibility index (Phi) is 3.98. The summed E-state index contributed by atoms with van der Waals surface area (Å²) < 4.78 is 29.3. The van der Waals surface area contributed by atoms with Crippen molar-refractivity contribution in [1.29, 1.82) is 0 Å². The molecule has 0 aliphatic carbocycles. The Labute approximate surface area is 133 Å². The lowest BCUT2D eigenvalue weighted by molar-refractivity contribution is -0.0503. The minimum atomic E-state index is -2.89. The van der Waals surface area contributed by atoms with E-state index in [1.54, 1.807) is 24.3 Å². The van der Waals surface area contributed by atoms with Gasteiger partial charge in [0.15, 0.2) is 0 Å². The van der Waals surface area contributed by atoms with E-state index < -0.39 is 12.8 Å². The molecule has 3 rings (SSSR count). The first-order valence-electron chi connectivity index (χ1n) is 6.45. The van der Waals surface area contributed by atoms with Gasteiger partial charge in [0.2, 0.25) is 0 Å². The molecule has 0 saturated carbocycles. The van der Waals surface area contributed by atoms with Crippen LogP contribution in [0.5, 0.6) is 5.75 Å². The summed E-state index contributed by atoms with van der Waals surface area (Å²) in [7, 11) is 0. The van der Waals surface area contributed by atoms with Gasteiger partial charge >= 0.3 is 6.61 Å². The molecule has 2 aromatic carbocycles. The van der Waals surface area contributed by atoms with Crippen molar-refractivity contribution < 1.29 is 18.3 Å². The van der Waals surface area contributed by atoms with Crippen LogP contribution in [0.1, 0.15) is 22.1 Å². The van der Waals surface area contributed by atoms with Gasteiger partial charge in [0.25, 0.3) is 5.91 Å². The van der Waals surface area contributed by atoms with Crippen molar-refractivity contribution in [3.05, 3.63) is 58.1 Å². The largest absolute Gasteiger partial charge is 0.434 e. The highest BCUT2D eigenvalue weighted by molar-refractivity contribution is 9.10. The number of anilines is 1. The fourth-order valence-corrected chi connectivity index (χ4v) is 2.75. The highest BCUT2D eigenvalue weighted by Gasteiger charge is 2.24. The van der Waals surface area contributed by atoms with E-state index in [0.717, 1.165) is 11.3 Å². The van der Waals surface area contributed by atoms with Crippen LogP contribution in [0.15, 0.2) is 46.9 Å². The maximum absolute atomic E-state index is 12.3. The van der Waals surface area contributed by atoms with E-state index in [4.69, 9.17) is 0 Å². The van der Waals surface area contributed by atoms with Gasteiger partial charge < -0.3 is 15.4 Å². The second kappa shape index (κ2) is 5.92. The van der Waals surface area contributed by atoms with Gasteiger partial charge in [0.1, 0.15) is 11.9 Å². The van der Waals surface area contributed by atoms with E-state index in [9.17, 15) is 13.6 Å². The summed E-state index contributed by atoms with van der Waals surface area (Å²) >= 11 is 3.19. The number of fused-ring (bicyclic) bond motifs is 1. The Bertz CT molecular complexity index is 724. The first-order valence-corrected chi connectivity index (χ1v) is 7.24. The van der Waals surface area contributed by atoms with Gasteiger partial charge in [-0.15, -0.1) is 0 Å². The Morgan fingerprint density at radius 2 is 1.91 bits per heavy atom. The molecule has 0 spiro atoms. The lowest BCUT2D eigenvalue weighted by Gasteiger charge is -2.28. The third-order valence-corrected chi connectivity index (χ3v) is 3.87. The molecule has 22 heavy (non-hydrogen) atoms. The van der Waals surface area contributed by atoms with Crippen LogP contribution in [0.3, 0.4) is 0 Å². The fourth-order valence-electron chi connectivity index (χ4n) is 2.26. The molecule has 114 valence electrons. The van der Waals surface area contributed by atoms with E-state index in [0.29, 0.717) is 10.0 Å². The smallest absolute Gasteiger partial charge is 0.387 e. The van der Waals surface area contributed by atoms with Gasteiger partial charge in [0.05, 0.1) is 10.0 Å². The minimum Gasteiger partial charge on any atom is -0.434 e. The molecule has 0 aromatic heterocycles. The standard InChI is InChI=1S/C15H11BrF2N2O2/c16-10-7-8(5-6-12(10)22-15(17)18)13-19-11-4-2-1-3-9(11)14(21)20-13/h1-7,13,15,19H,(H,20,21)/t13-/m1/s1. The molecule has 2 N–H and O–H groups in total. The molecule has 1 atom stereocenters. The molecule has 7 heteroatoms. The second-order valence-electron chi connectivity index (χ2n) is 4.66. The Balaban J connectivity index is 1.87. The number of rotatable bonds is 3. The number of halogens is 3. The van der Waals surface area contributed by atoms with Crippen LogP contribution in [0.25, 0.3) is 0 Å². The van der Waals surface area contributed by atoms with Crippen molar-refractivity contribution in [2.45, 2.75) is 12.8 Å². The highest BCUT2D eigenvalue weighted by atomic mass is 79.9. The molecular formula is C15H11BrF2N2O2. The molecule has 2 aromatic rings. The average Bonchev–Trinajstić information content (AvgIpc) is 2.49. The van der Waals surface area contributed by atoms with E-state index >= 15 is 0 Å². The summed E-state index contributed by atoms with van der Waals surface area (Å²) in [5.74, 6) is -0.148. The van der Waals surface area contributed by atoms with Gasteiger partial charge in [-0.2, -0.15) is 8.78 Å². The summed E-state index contributed by atoms with van der Waals surface area (Å²) in [5, 5.41) is 6.01. The molecule has 0 bridgehead atoms. The van der Waals surface area contributed by atoms with E-state index in [1.165, 1.54) is 6.07 Å². The molecule has 0 saturated heterocycles. The average molecular weight is 369 g/mol. The van der Waals surface area contributed by atoms with E-state index in [2.05, 4.69) is 31.3 Å². The Morgan fingerprint density at radius 1 is 1.14 bits per heavy atom.